The molecule has 2 N–H and O–H groups in total. The Labute approximate surface area is 145 Å². The summed E-state index contributed by atoms with van der Waals surface area (Å²) in [6.45, 7) is 7.80. The Bertz CT molecular complexity index is 669. The van der Waals surface area contributed by atoms with E-state index < -0.39 is 16.1 Å². The minimum atomic E-state index is -3.71. The Morgan fingerprint density at radius 2 is 1.67 bits per heavy atom. The largest absolute Gasteiger partial charge is 0.352 e. The smallest absolute Gasteiger partial charge is 0.241 e. The van der Waals surface area contributed by atoms with Crippen LogP contribution in [0.3, 0.4) is 0 Å². The molecule has 1 aromatic rings. The minimum Gasteiger partial charge on any atom is -0.352 e. The quantitative estimate of drug-likeness (QED) is 0.855. The summed E-state index contributed by atoms with van der Waals surface area (Å²) in [7, 11) is -3.71. The van der Waals surface area contributed by atoms with Gasteiger partial charge >= 0.3 is 0 Å². The Kier molecular flexibility index (Phi) is 5.71. The van der Waals surface area contributed by atoms with Gasteiger partial charge in [0.25, 0.3) is 0 Å². The Hall–Kier alpha value is -1.40. The van der Waals surface area contributed by atoms with Crippen LogP contribution in [0.4, 0.5) is 0 Å². The predicted octanol–water partition coefficient (Wildman–Crippen LogP) is 2.71. The SMILES string of the molecule is C[C@H](NS(=O)(=O)c1ccc(C(C)(C)C)cc1)C(=O)NC1CCCC1. The summed E-state index contributed by atoms with van der Waals surface area (Å²) >= 11 is 0. The fourth-order valence-electron chi connectivity index (χ4n) is 2.88. The molecule has 0 saturated heterocycles. The molecule has 1 aromatic carbocycles. The van der Waals surface area contributed by atoms with Crippen LogP contribution in [0, 0.1) is 0 Å². The molecule has 0 unspecified atom stereocenters. The van der Waals surface area contributed by atoms with E-state index in [2.05, 4.69) is 30.8 Å². The zero-order valence-corrected chi connectivity index (χ0v) is 15.7. The number of hydrogen-bond acceptors (Lipinski definition) is 3. The van der Waals surface area contributed by atoms with Crippen molar-refractivity contribution >= 4 is 15.9 Å². The van der Waals surface area contributed by atoms with Crippen molar-refractivity contribution in [3.63, 3.8) is 0 Å². The minimum absolute atomic E-state index is 0.0375. The van der Waals surface area contributed by atoms with Crippen LogP contribution in [0.25, 0.3) is 0 Å². The van der Waals surface area contributed by atoms with Crippen molar-refractivity contribution in [3.8, 4) is 0 Å². The third-order valence-electron chi connectivity index (χ3n) is 4.46. The van der Waals surface area contributed by atoms with Crippen LogP contribution in [0.5, 0.6) is 0 Å². The number of sulfonamides is 1. The van der Waals surface area contributed by atoms with Crippen LogP contribution in [-0.2, 0) is 20.2 Å². The molecule has 2 rings (SSSR count). The molecule has 1 aliphatic rings. The first-order valence-corrected chi connectivity index (χ1v) is 10.0. The zero-order chi connectivity index (χ0) is 18.0. The maximum absolute atomic E-state index is 12.5. The number of carbonyl (C=O) groups excluding carboxylic acids is 1. The number of benzene rings is 1. The number of nitrogens with one attached hydrogen (secondary N) is 2. The first kappa shape index (κ1) is 18.9. The molecule has 0 heterocycles. The summed E-state index contributed by atoms with van der Waals surface area (Å²) < 4.78 is 27.4. The van der Waals surface area contributed by atoms with E-state index >= 15 is 0 Å². The van der Waals surface area contributed by atoms with Crippen LogP contribution in [0.15, 0.2) is 29.2 Å². The topological polar surface area (TPSA) is 75.3 Å². The van der Waals surface area contributed by atoms with Gasteiger partial charge in [-0.15, -0.1) is 0 Å². The molecule has 1 amide bonds. The molecule has 6 heteroatoms. The number of hydrogen-bond donors (Lipinski definition) is 2. The third kappa shape index (κ3) is 4.80. The fourth-order valence-corrected chi connectivity index (χ4v) is 4.09. The van der Waals surface area contributed by atoms with Crippen molar-refractivity contribution in [2.75, 3.05) is 0 Å². The number of amides is 1. The van der Waals surface area contributed by atoms with Crippen LogP contribution >= 0.6 is 0 Å². The van der Waals surface area contributed by atoms with Crippen molar-refractivity contribution in [2.45, 2.75) is 75.8 Å². The van der Waals surface area contributed by atoms with E-state index in [1.807, 2.05) is 12.1 Å². The summed E-state index contributed by atoms with van der Waals surface area (Å²) in [6.07, 6.45) is 4.18. The van der Waals surface area contributed by atoms with E-state index in [-0.39, 0.29) is 22.3 Å². The highest BCUT2D eigenvalue weighted by Crippen LogP contribution is 2.23. The van der Waals surface area contributed by atoms with Gasteiger partial charge in [-0.3, -0.25) is 4.79 Å². The van der Waals surface area contributed by atoms with Crippen molar-refractivity contribution in [3.05, 3.63) is 29.8 Å². The average molecular weight is 353 g/mol. The summed E-state index contributed by atoms with van der Waals surface area (Å²) in [5, 5.41) is 2.92. The number of carbonyl (C=O) groups is 1. The molecule has 0 radical (unpaired) electrons. The van der Waals surface area contributed by atoms with E-state index in [0.29, 0.717) is 0 Å². The fraction of sp³-hybridized carbons (Fsp3) is 0.611. The Morgan fingerprint density at radius 1 is 1.12 bits per heavy atom. The molecule has 0 aromatic heterocycles. The van der Waals surface area contributed by atoms with Crippen LogP contribution in [-0.4, -0.2) is 26.4 Å². The lowest BCUT2D eigenvalue weighted by Gasteiger charge is -2.20. The zero-order valence-electron chi connectivity index (χ0n) is 14.9. The predicted molar refractivity (Wildman–Crippen MR) is 95.3 cm³/mol. The highest BCUT2D eigenvalue weighted by atomic mass is 32.2. The second-order valence-electron chi connectivity index (χ2n) is 7.61. The normalized spacial score (nSPS) is 17.7. The van der Waals surface area contributed by atoms with E-state index in [1.165, 1.54) is 0 Å². The molecule has 1 saturated carbocycles. The molecule has 1 aliphatic carbocycles. The molecular formula is C18H28N2O3S. The summed E-state index contributed by atoms with van der Waals surface area (Å²) in [4.78, 5) is 12.3. The highest BCUT2D eigenvalue weighted by Gasteiger charge is 2.25. The van der Waals surface area contributed by atoms with Crippen LogP contribution in [0.1, 0.15) is 58.9 Å². The van der Waals surface area contributed by atoms with Gasteiger partial charge in [0, 0.05) is 6.04 Å². The number of rotatable bonds is 5. The molecule has 0 spiro atoms. The second-order valence-corrected chi connectivity index (χ2v) is 9.32. The molecule has 5 nitrogen and oxygen atoms in total. The lowest BCUT2D eigenvalue weighted by atomic mass is 9.87. The summed E-state index contributed by atoms with van der Waals surface area (Å²) in [5.74, 6) is -0.267. The van der Waals surface area contributed by atoms with E-state index in [9.17, 15) is 13.2 Å². The molecule has 134 valence electrons. The van der Waals surface area contributed by atoms with Crippen LogP contribution in [0.2, 0.25) is 0 Å². The lowest BCUT2D eigenvalue weighted by molar-refractivity contribution is -0.123. The maximum Gasteiger partial charge on any atom is 0.241 e. The molecule has 1 fully saturated rings. The second kappa shape index (κ2) is 7.23. The van der Waals surface area contributed by atoms with E-state index in [1.54, 1.807) is 19.1 Å². The van der Waals surface area contributed by atoms with Crippen molar-refractivity contribution < 1.29 is 13.2 Å². The van der Waals surface area contributed by atoms with Crippen molar-refractivity contribution in [1.82, 2.24) is 10.0 Å². The lowest BCUT2D eigenvalue weighted by Crippen LogP contribution is -2.47. The summed E-state index contributed by atoms with van der Waals surface area (Å²) in [5.41, 5.74) is 1.03. The van der Waals surface area contributed by atoms with E-state index in [0.717, 1.165) is 31.2 Å². The molecule has 0 aliphatic heterocycles. The average Bonchev–Trinajstić information content (AvgIpc) is 2.99. The van der Waals surface area contributed by atoms with Crippen LogP contribution < -0.4 is 10.0 Å². The van der Waals surface area contributed by atoms with Gasteiger partial charge in [0.2, 0.25) is 15.9 Å². The van der Waals surface area contributed by atoms with Crippen molar-refractivity contribution in [1.29, 1.82) is 0 Å². The standard InChI is InChI=1S/C18H28N2O3S/c1-13(17(21)19-15-7-5-6-8-15)20-24(22,23)16-11-9-14(10-12-16)18(2,3)4/h9-13,15,20H,5-8H2,1-4H3,(H,19,21)/t13-/m0/s1. The van der Waals surface area contributed by atoms with Gasteiger partial charge in [-0.2, -0.15) is 4.72 Å². The highest BCUT2D eigenvalue weighted by molar-refractivity contribution is 7.89. The first-order valence-electron chi connectivity index (χ1n) is 8.53. The van der Waals surface area contributed by atoms with Gasteiger partial charge in [-0.05, 0) is 42.9 Å². The first-order chi connectivity index (χ1) is 11.1. The van der Waals surface area contributed by atoms with Crippen molar-refractivity contribution in [2.24, 2.45) is 0 Å². The maximum atomic E-state index is 12.5. The van der Waals surface area contributed by atoms with Gasteiger partial charge in [0.15, 0.2) is 0 Å². The molecular weight excluding hydrogens is 324 g/mol. The van der Waals surface area contributed by atoms with Gasteiger partial charge < -0.3 is 5.32 Å². The molecule has 0 bridgehead atoms. The summed E-state index contributed by atoms with van der Waals surface area (Å²) in [6, 6.07) is 6.19. The molecule has 24 heavy (non-hydrogen) atoms. The molecule has 1 atom stereocenters. The van der Waals surface area contributed by atoms with E-state index in [4.69, 9.17) is 0 Å². The Morgan fingerprint density at radius 3 is 2.17 bits per heavy atom. The van der Waals surface area contributed by atoms with Gasteiger partial charge in [-0.25, -0.2) is 8.42 Å². The third-order valence-corrected chi connectivity index (χ3v) is 6.01. The Balaban J connectivity index is 2.02. The van der Waals surface area contributed by atoms with Gasteiger partial charge in [-0.1, -0.05) is 45.7 Å². The monoisotopic (exact) mass is 352 g/mol. The van der Waals surface area contributed by atoms with Gasteiger partial charge in [0.05, 0.1) is 10.9 Å². The van der Waals surface area contributed by atoms with Gasteiger partial charge in [0.1, 0.15) is 0 Å².